The lowest BCUT2D eigenvalue weighted by atomic mass is 9.93. The van der Waals surface area contributed by atoms with Gasteiger partial charge in [-0.2, -0.15) is 0 Å². The van der Waals surface area contributed by atoms with Crippen LogP contribution in [-0.4, -0.2) is 34.0 Å². The molecule has 2 aromatic rings. The molecular formula is C39H67N3Si2. The van der Waals surface area contributed by atoms with E-state index in [0.717, 1.165) is 59.4 Å². The van der Waals surface area contributed by atoms with Crippen LogP contribution in [0.4, 0.5) is 0 Å². The smallest absolute Gasteiger partial charge is 0.110 e. The Balaban J connectivity index is 1.69. The first kappa shape index (κ1) is 38.8. The van der Waals surface area contributed by atoms with Crippen molar-refractivity contribution < 1.29 is 0 Å². The molecule has 4 unspecified atom stereocenters. The molecule has 2 heterocycles. The van der Waals surface area contributed by atoms with E-state index in [-0.39, 0.29) is 0 Å². The number of aromatic nitrogens is 3. The molecule has 2 rings (SSSR count). The van der Waals surface area contributed by atoms with Crippen LogP contribution in [0.25, 0.3) is 11.4 Å². The van der Waals surface area contributed by atoms with Crippen molar-refractivity contribution in [3.63, 3.8) is 0 Å². The maximum absolute atomic E-state index is 5.05. The molecule has 0 N–H and O–H groups in total. The third-order valence-corrected chi connectivity index (χ3v) is 12.3. The lowest BCUT2D eigenvalue weighted by molar-refractivity contribution is 0.400. The first-order valence-corrected chi connectivity index (χ1v) is 21.1. The van der Waals surface area contributed by atoms with Crippen molar-refractivity contribution in [1.29, 1.82) is 0 Å². The monoisotopic (exact) mass is 633 g/mol. The van der Waals surface area contributed by atoms with Gasteiger partial charge in [-0.1, -0.05) is 175 Å². The predicted octanol–water partition coefficient (Wildman–Crippen LogP) is 10.6. The maximum Gasteiger partial charge on any atom is 0.110 e. The molecule has 4 atom stereocenters. The Hall–Kier alpha value is -1.34. The molecule has 0 aromatic carbocycles. The van der Waals surface area contributed by atoms with Gasteiger partial charge in [0.2, 0.25) is 0 Å². The predicted molar refractivity (Wildman–Crippen MR) is 197 cm³/mol. The second kappa shape index (κ2) is 24.8. The fourth-order valence-electron chi connectivity index (χ4n) is 6.27. The van der Waals surface area contributed by atoms with Crippen LogP contribution in [0.15, 0.2) is 30.7 Å². The van der Waals surface area contributed by atoms with Gasteiger partial charge in [-0.15, -0.1) is 0 Å². The lowest BCUT2D eigenvalue weighted by Gasteiger charge is -2.14. The molecule has 0 saturated carbocycles. The third-order valence-electron chi connectivity index (χ3n) is 9.39. The zero-order valence-corrected chi connectivity index (χ0v) is 31.7. The highest BCUT2D eigenvalue weighted by Gasteiger charge is 2.12. The second-order valence-corrected chi connectivity index (χ2v) is 16.8. The van der Waals surface area contributed by atoms with Crippen molar-refractivity contribution in [2.24, 2.45) is 23.7 Å². The molecule has 0 fully saturated rings. The fourth-order valence-corrected chi connectivity index (χ4v) is 8.62. The van der Waals surface area contributed by atoms with Crippen LogP contribution in [-0.2, 0) is 0 Å². The highest BCUT2D eigenvalue weighted by Crippen LogP contribution is 2.22. The number of hydrogen-bond donors (Lipinski definition) is 0. The van der Waals surface area contributed by atoms with E-state index in [1.54, 1.807) is 0 Å². The summed E-state index contributed by atoms with van der Waals surface area (Å²) >= 11 is 0. The van der Waals surface area contributed by atoms with Gasteiger partial charge in [0.15, 0.2) is 0 Å². The summed E-state index contributed by atoms with van der Waals surface area (Å²) in [5.74, 6) is 3.40. The number of nitrogens with zero attached hydrogens (tertiary/aromatic N) is 3. The fraction of sp³-hybridized carbons (Fsp3) is 0.769. The molecular weight excluding hydrogens is 567 g/mol. The molecule has 0 amide bonds. The first-order valence-electron chi connectivity index (χ1n) is 18.7. The molecule has 5 heteroatoms. The van der Waals surface area contributed by atoms with Gasteiger partial charge in [0.05, 0.1) is 21.4 Å². The molecule has 0 aliphatic carbocycles. The molecule has 4 radical (unpaired) electrons. The van der Waals surface area contributed by atoms with Crippen LogP contribution in [0.1, 0.15) is 157 Å². The van der Waals surface area contributed by atoms with Gasteiger partial charge in [-0.25, -0.2) is 0 Å². The van der Waals surface area contributed by atoms with Crippen LogP contribution in [0.3, 0.4) is 0 Å². The van der Waals surface area contributed by atoms with Crippen molar-refractivity contribution in [3.05, 3.63) is 30.7 Å². The highest BCUT2D eigenvalue weighted by atomic mass is 28.2. The average Bonchev–Trinajstić information content (AvgIpc) is 3.02. The average molecular weight is 634 g/mol. The van der Waals surface area contributed by atoms with Crippen molar-refractivity contribution in [2.75, 3.05) is 0 Å². The Morgan fingerprint density at radius 1 is 0.614 bits per heavy atom. The molecule has 0 aliphatic heterocycles. The summed E-state index contributed by atoms with van der Waals surface area (Å²) in [7, 11) is 1.52. The summed E-state index contributed by atoms with van der Waals surface area (Å²) < 4.78 is 0. The van der Waals surface area contributed by atoms with Gasteiger partial charge >= 0.3 is 0 Å². The summed E-state index contributed by atoms with van der Waals surface area (Å²) in [5.41, 5.74) is 2.01. The number of rotatable bonds is 27. The lowest BCUT2D eigenvalue weighted by Crippen LogP contribution is -2.24. The van der Waals surface area contributed by atoms with Crippen LogP contribution >= 0.6 is 0 Å². The summed E-state index contributed by atoms with van der Waals surface area (Å²) in [6.07, 6.45) is 30.7. The molecule has 0 saturated heterocycles. The van der Waals surface area contributed by atoms with Crippen molar-refractivity contribution in [3.8, 4) is 11.4 Å². The Morgan fingerprint density at radius 3 is 1.82 bits per heavy atom. The zero-order chi connectivity index (χ0) is 31.8. The van der Waals surface area contributed by atoms with E-state index in [0.29, 0.717) is 0 Å². The minimum atomic E-state index is 0.727. The van der Waals surface area contributed by atoms with E-state index in [2.05, 4.69) is 58.7 Å². The third kappa shape index (κ3) is 18.0. The normalized spacial score (nSPS) is 14.4. The number of unbranched alkanes of at least 4 members (excludes halogenated alkanes) is 6. The SMILES string of the molecule is CCCCCC(C)CCCCCC(C)C[Si]c1cncc(-c2ncccc2[Si]CCCC(C)CCCC(C)CCCCC)n1. The topological polar surface area (TPSA) is 38.7 Å². The quantitative estimate of drug-likeness (QED) is 0.0726. The van der Waals surface area contributed by atoms with Gasteiger partial charge < -0.3 is 0 Å². The highest BCUT2D eigenvalue weighted by molar-refractivity contribution is 6.55. The van der Waals surface area contributed by atoms with Gasteiger partial charge in [-0.3, -0.25) is 15.0 Å². The zero-order valence-electron chi connectivity index (χ0n) is 29.7. The van der Waals surface area contributed by atoms with E-state index in [9.17, 15) is 0 Å². The van der Waals surface area contributed by atoms with E-state index in [4.69, 9.17) is 9.97 Å². The standard InChI is InChI=1S/C39H67N3Si2/c1-7-9-12-19-32(3)21-14-11-15-22-35(6)31-44-38-30-40-29-36(42-38)39-37(26-17-27-41-39)43-28-18-25-34(5)24-16-23-33(4)20-13-10-8-2/h17,26-27,29-30,32-35H,7-16,18-25,28,31H2,1-6H3. The first-order chi connectivity index (χ1) is 21.4. The second-order valence-electron chi connectivity index (χ2n) is 14.1. The van der Waals surface area contributed by atoms with Gasteiger partial charge in [0.1, 0.15) is 15.2 Å². The van der Waals surface area contributed by atoms with Crippen molar-refractivity contribution >= 4 is 29.5 Å². The van der Waals surface area contributed by atoms with E-state index >= 15 is 0 Å². The molecule has 0 spiro atoms. The van der Waals surface area contributed by atoms with Crippen molar-refractivity contribution in [2.45, 2.75) is 169 Å². The van der Waals surface area contributed by atoms with E-state index < -0.39 is 0 Å². The Kier molecular flexibility index (Phi) is 21.9. The van der Waals surface area contributed by atoms with Crippen LogP contribution in [0.5, 0.6) is 0 Å². The number of pyridine rings is 1. The van der Waals surface area contributed by atoms with Gasteiger partial charge in [0, 0.05) is 17.7 Å². The van der Waals surface area contributed by atoms with Gasteiger partial charge in [0.25, 0.3) is 0 Å². The molecule has 0 bridgehead atoms. The Bertz CT molecular complexity index is 968. The largest absolute Gasteiger partial charge is 0.261 e. The van der Waals surface area contributed by atoms with Crippen LogP contribution in [0, 0.1) is 23.7 Å². The molecule has 0 aliphatic rings. The molecule has 2 aromatic heterocycles. The van der Waals surface area contributed by atoms with E-state index in [1.165, 1.54) is 133 Å². The Labute approximate surface area is 278 Å². The summed E-state index contributed by atoms with van der Waals surface area (Å²) in [4.78, 5) is 14.4. The van der Waals surface area contributed by atoms with Crippen molar-refractivity contribution in [1.82, 2.24) is 15.0 Å². The van der Waals surface area contributed by atoms with Crippen LogP contribution in [0.2, 0.25) is 12.1 Å². The maximum atomic E-state index is 5.05. The molecule has 44 heavy (non-hydrogen) atoms. The minimum Gasteiger partial charge on any atom is -0.261 e. The van der Waals surface area contributed by atoms with Gasteiger partial charge in [-0.05, 0) is 34.9 Å². The number of hydrogen-bond acceptors (Lipinski definition) is 3. The van der Waals surface area contributed by atoms with E-state index in [1.807, 2.05) is 18.6 Å². The summed E-state index contributed by atoms with van der Waals surface area (Å²) in [5, 5.41) is 2.49. The minimum absolute atomic E-state index is 0.727. The summed E-state index contributed by atoms with van der Waals surface area (Å²) in [6, 6.07) is 6.82. The molecule has 3 nitrogen and oxygen atoms in total. The molecule has 246 valence electrons. The Morgan fingerprint density at radius 2 is 1.18 bits per heavy atom. The summed E-state index contributed by atoms with van der Waals surface area (Å²) in [6.45, 7) is 14.4. The van der Waals surface area contributed by atoms with Crippen LogP contribution < -0.4 is 10.5 Å².